The number of carbonyl (C=O) groups is 1. The molecule has 98 valence electrons. The van der Waals surface area contributed by atoms with Gasteiger partial charge in [0, 0.05) is 17.3 Å². The number of rotatable bonds is 3. The number of benzene rings is 1. The molecule has 0 spiro atoms. The van der Waals surface area contributed by atoms with Gasteiger partial charge in [-0.15, -0.1) is 0 Å². The van der Waals surface area contributed by atoms with Crippen molar-refractivity contribution in [2.24, 2.45) is 5.73 Å². The molecule has 1 aromatic heterocycles. The van der Waals surface area contributed by atoms with Crippen LogP contribution in [0, 0.1) is 12.7 Å². The number of halogens is 2. The van der Waals surface area contributed by atoms with Crippen LogP contribution in [0.3, 0.4) is 0 Å². The van der Waals surface area contributed by atoms with Crippen LogP contribution in [-0.4, -0.2) is 10.9 Å². The number of carbonyl (C=O) groups excluding carboxylic acids is 1. The summed E-state index contributed by atoms with van der Waals surface area (Å²) >= 11 is 3.19. The summed E-state index contributed by atoms with van der Waals surface area (Å²) in [5.41, 5.74) is 6.12. The smallest absolute Gasteiger partial charge is 0.248 e. The van der Waals surface area contributed by atoms with E-state index in [1.807, 2.05) is 0 Å². The second-order valence-corrected chi connectivity index (χ2v) is 4.73. The van der Waals surface area contributed by atoms with Gasteiger partial charge in [0.25, 0.3) is 0 Å². The summed E-state index contributed by atoms with van der Waals surface area (Å²) in [5, 5.41) is 0. The Morgan fingerprint density at radius 3 is 2.74 bits per heavy atom. The maximum atomic E-state index is 13.0. The Balaban J connectivity index is 2.35. The Bertz CT molecular complexity index is 647. The van der Waals surface area contributed by atoms with E-state index in [1.165, 1.54) is 24.3 Å². The molecule has 0 saturated carbocycles. The van der Waals surface area contributed by atoms with Gasteiger partial charge < -0.3 is 10.5 Å². The Morgan fingerprint density at radius 1 is 1.37 bits per heavy atom. The molecule has 1 amide bonds. The number of pyridine rings is 1. The molecular formula is C13H10BrFN2O2. The van der Waals surface area contributed by atoms with E-state index in [9.17, 15) is 9.18 Å². The van der Waals surface area contributed by atoms with Gasteiger partial charge in [-0.3, -0.25) is 4.79 Å². The number of aryl methyl sites for hydroxylation is 1. The summed E-state index contributed by atoms with van der Waals surface area (Å²) in [7, 11) is 0. The van der Waals surface area contributed by atoms with E-state index < -0.39 is 5.91 Å². The number of primary amides is 1. The molecule has 0 radical (unpaired) electrons. The Morgan fingerprint density at radius 2 is 2.11 bits per heavy atom. The molecule has 0 fully saturated rings. The molecule has 0 aliphatic rings. The molecular weight excluding hydrogens is 315 g/mol. The van der Waals surface area contributed by atoms with Crippen molar-refractivity contribution in [3.05, 3.63) is 51.9 Å². The molecule has 0 aliphatic carbocycles. The number of hydrogen-bond acceptors (Lipinski definition) is 3. The third kappa shape index (κ3) is 3.29. The summed E-state index contributed by atoms with van der Waals surface area (Å²) in [6, 6.07) is 7.01. The van der Waals surface area contributed by atoms with Crippen molar-refractivity contribution in [1.29, 1.82) is 0 Å². The third-order valence-corrected chi connectivity index (χ3v) is 2.94. The van der Waals surface area contributed by atoms with Crippen LogP contribution in [0.25, 0.3) is 0 Å². The lowest BCUT2D eigenvalue weighted by Crippen LogP contribution is -2.11. The monoisotopic (exact) mass is 324 g/mol. The van der Waals surface area contributed by atoms with Crippen LogP contribution in [0.5, 0.6) is 11.6 Å². The first kappa shape index (κ1) is 13.5. The quantitative estimate of drug-likeness (QED) is 0.942. The van der Waals surface area contributed by atoms with Gasteiger partial charge in [-0.25, -0.2) is 9.37 Å². The van der Waals surface area contributed by atoms with Crippen LogP contribution in [-0.2, 0) is 0 Å². The van der Waals surface area contributed by atoms with Gasteiger partial charge in [0.15, 0.2) is 0 Å². The van der Waals surface area contributed by atoms with Crippen molar-refractivity contribution in [2.45, 2.75) is 6.92 Å². The van der Waals surface area contributed by atoms with Crippen LogP contribution in [0.1, 0.15) is 16.1 Å². The van der Waals surface area contributed by atoms with Gasteiger partial charge in [-0.05, 0) is 47.1 Å². The SMILES string of the molecule is Cc1cc(C(N)=O)cc(Oc2ccc(F)cc2Br)n1. The fourth-order valence-corrected chi connectivity index (χ4v) is 1.94. The summed E-state index contributed by atoms with van der Waals surface area (Å²) < 4.78 is 18.9. The van der Waals surface area contributed by atoms with Crippen LogP contribution < -0.4 is 10.5 Å². The molecule has 1 heterocycles. The van der Waals surface area contributed by atoms with E-state index in [-0.39, 0.29) is 11.7 Å². The minimum absolute atomic E-state index is 0.223. The zero-order valence-electron chi connectivity index (χ0n) is 9.98. The lowest BCUT2D eigenvalue weighted by Gasteiger charge is -2.08. The summed E-state index contributed by atoms with van der Waals surface area (Å²) in [5.74, 6) is -0.321. The normalized spacial score (nSPS) is 10.3. The van der Waals surface area contributed by atoms with Crippen molar-refractivity contribution in [2.75, 3.05) is 0 Å². The number of hydrogen-bond donors (Lipinski definition) is 1. The molecule has 0 atom stereocenters. The summed E-state index contributed by atoms with van der Waals surface area (Å²) in [6.07, 6.45) is 0. The minimum atomic E-state index is -0.562. The van der Waals surface area contributed by atoms with Gasteiger partial charge >= 0.3 is 0 Å². The van der Waals surface area contributed by atoms with E-state index in [0.717, 1.165) is 0 Å². The number of aromatic nitrogens is 1. The second kappa shape index (κ2) is 5.36. The van der Waals surface area contributed by atoms with Gasteiger partial charge in [0.05, 0.1) is 4.47 Å². The van der Waals surface area contributed by atoms with E-state index in [2.05, 4.69) is 20.9 Å². The van der Waals surface area contributed by atoms with Gasteiger partial charge in [-0.1, -0.05) is 0 Å². The Kier molecular flexibility index (Phi) is 3.80. The topological polar surface area (TPSA) is 65.2 Å². The van der Waals surface area contributed by atoms with Crippen molar-refractivity contribution >= 4 is 21.8 Å². The number of ether oxygens (including phenoxy) is 1. The number of nitrogens with zero attached hydrogens (tertiary/aromatic N) is 1. The van der Waals surface area contributed by atoms with Crippen LogP contribution in [0.15, 0.2) is 34.8 Å². The fourth-order valence-electron chi connectivity index (χ4n) is 1.50. The van der Waals surface area contributed by atoms with Crippen LogP contribution >= 0.6 is 15.9 Å². The first-order valence-corrected chi connectivity index (χ1v) is 6.16. The standard InChI is InChI=1S/C13H10BrFN2O2/c1-7-4-8(13(16)18)5-12(17-7)19-11-3-2-9(15)6-10(11)14/h2-6H,1H3,(H2,16,18). The molecule has 19 heavy (non-hydrogen) atoms. The maximum Gasteiger partial charge on any atom is 0.248 e. The van der Waals surface area contributed by atoms with E-state index >= 15 is 0 Å². The largest absolute Gasteiger partial charge is 0.438 e. The second-order valence-electron chi connectivity index (χ2n) is 3.88. The molecule has 0 bridgehead atoms. The highest BCUT2D eigenvalue weighted by Gasteiger charge is 2.09. The zero-order valence-corrected chi connectivity index (χ0v) is 11.6. The predicted octanol–water partition coefficient (Wildman–Crippen LogP) is 3.18. The average molecular weight is 325 g/mol. The Labute approximate surface area is 117 Å². The van der Waals surface area contributed by atoms with Gasteiger partial charge in [-0.2, -0.15) is 0 Å². The van der Waals surface area contributed by atoms with E-state index in [4.69, 9.17) is 10.5 Å². The third-order valence-electron chi connectivity index (χ3n) is 2.32. The molecule has 4 nitrogen and oxygen atoms in total. The summed E-state index contributed by atoms with van der Waals surface area (Å²) in [6.45, 7) is 1.72. The predicted molar refractivity (Wildman–Crippen MR) is 71.7 cm³/mol. The van der Waals surface area contributed by atoms with Crippen molar-refractivity contribution in [3.8, 4) is 11.6 Å². The molecule has 1 aromatic carbocycles. The minimum Gasteiger partial charge on any atom is -0.438 e. The van der Waals surface area contributed by atoms with Gasteiger partial charge in [0.2, 0.25) is 11.8 Å². The highest BCUT2D eigenvalue weighted by molar-refractivity contribution is 9.10. The lowest BCUT2D eigenvalue weighted by atomic mass is 10.2. The molecule has 2 N–H and O–H groups in total. The zero-order chi connectivity index (χ0) is 14.0. The highest BCUT2D eigenvalue weighted by Crippen LogP contribution is 2.29. The van der Waals surface area contributed by atoms with Crippen LogP contribution in [0.2, 0.25) is 0 Å². The molecule has 6 heteroatoms. The number of nitrogens with two attached hydrogens (primary N) is 1. The molecule has 0 saturated heterocycles. The molecule has 2 aromatic rings. The van der Waals surface area contributed by atoms with Gasteiger partial charge in [0.1, 0.15) is 11.6 Å². The van der Waals surface area contributed by atoms with E-state index in [1.54, 1.807) is 13.0 Å². The molecule has 2 rings (SSSR count). The summed E-state index contributed by atoms with van der Waals surface area (Å²) in [4.78, 5) is 15.3. The highest BCUT2D eigenvalue weighted by atomic mass is 79.9. The van der Waals surface area contributed by atoms with E-state index in [0.29, 0.717) is 21.5 Å². The van der Waals surface area contributed by atoms with Crippen LogP contribution in [0.4, 0.5) is 4.39 Å². The molecule has 0 aliphatic heterocycles. The van der Waals surface area contributed by atoms with Crippen molar-refractivity contribution < 1.29 is 13.9 Å². The first-order chi connectivity index (χ1) is 8.95. The van der Waals surface area contributed by atoms with Crippen molar-refractivity contribution in [1.82, 2.24) is 4.98 Å². The Hall–Kier alpha value is -1.95. The van der Waals surface area contributed by atoms with Crippen molar-refractivity contribution in [3.63, 3.8) is 0 Å². The molecule has 0 unspecified atom stereocenters. The first-order valence-electron chi connectivity index (χ1n) is 5.37. The maximum absolute atomic E-state index is 13.0. The average Bonchev–Trinajstić information content (AvgIpc) is 2.32. The fraction of sp³-hybridized carbons (Fsp3) is 0.0769. The number of amides is 1. The lowest BCUT2D eigenvalue weighted by molar-refractivity contribution is 0.0999.